The Bertz CT molecular complexity index is 339. The van der Waals surface area contributed by atoms with Gasteiger partial charge in [0.15, 0.2) is 0 Å². The molecule has 106 valence electrons. The van der Waals surface area contributed by atoms with Crippen LogP contribution in [0, 0.1) is 5.92 Å². The number of cyclic esters (lactones) is 1. The van der Waals surface area contributed by atoms with Crippen LogP contribution in [0.25, 0.3) is 0 Å². The van der Waals surface area contributed by atoms with Crippen molar-refractivity contribution in [2.45, 2.75) is 58.5 Å². The van der Waals surface area contributed by atoms with Crippen molar-refractivity contribution in [1.29, 1.82) is 0 Å². The van der Waals surface area contributed by atoms with Gasteiger partial charge in [0, 0.05) is 6.42 Å². The standard InChI is InChI=1S/C17H26O2/c1-3-4-5-6-7-8-9-10-11-12-15(2)16-13-14-17(18)19-16/h4-5,7-8,10-11,15-16H,3,6,9,12-14H2,1-2H3/b5-4-,8-7-,11-10-. The Morgan fingerprint density at radius 3 is 2.37 bits per heavy atom. The highest BCUT2D eigenvalue weighted by atomic mass is 16.5. The van der Waals surface area contributed by atoms with Crippen LogP contribution in [0.3, 0.4) is 0 Å². The molecule has 0 bridgehead atoms. The molecule has 0 aromatic heterocycles. The van der Waals surface area contributed by atoms with Gasteiger partial charge in [0.1, 0.15) is 6.10 Å². The van der Waals surface area contributed by atoms with Gasteiger partial charge in [0.05, 0.1) is 0 Å². The molecule has 2 unspecified atom stereocenters. The summed E-state index contributed by atoms with van der Waals surface area (Å²) in [6, 6.07) is 0. The highest BCUT2D eigenvalue weighted by molar-refractivity contribution is 5.71. The van der Waals surface area contributed by atoms with Gasteiger partial charge >= 0.3 is 5.97 Å². The van der Waals surface area contributed by atoms with Crippen molar-refractivity contribution in [3.05, 3.63) is 36.5 Å². The van der Waals surface area contributed by atoms with E-state index in [0.29, 0.717) is 12.3 Å². The quantitative estimate of drug-likeness (QED) is 0.473. The van der Waals surface area contributed by atoms with E-state index in [2.05, 4.69) is 50.3 Å². The van der Waals surface area contributed by atoms with Crippen LogP contribution in [-0.2, 0) is 9.53 Å². The van der Waals surface area contributed by atoms with Gasteiger partial charge < -0.3 is 4.74 Å². The summed E-state index contributed by atoms with van der Waals surface area (Å²) < 4.78 is 5.26. The first kappa shape index (κ1) is 15.7. The summed E-state index contributed by atoms with van der Waals surface area (Å²) in [7, 11) is 0. The highest BCUT2D eigenvalue weighted by Gasteiger charge is 2.27. The van der Waals surface area contributed by atoms with Crippen LogP contribution < -0.4 is 0 Å². The molecule has 0 aromatic rings. The molecule has 0 radical (unpaired) electrons. The molecule has 0 aliphatic carbocycles. The fourth-order valence-corrected chi connectivity index (χ4v) is 2.12. The Balaban J connectivity index is 2.09. The van der Waals surface area contributed by atoms with Crippen molar-refractivity contribution >= 4 is 5.97 Å². The lowest BCUT2D eigenvalue weighted by molar-refractivity contribution is -0.142. The SMILES string of the molecule is CC/C=C\C/C=C\C/C=C\CC(C)C1CCC(=O)O1. The van der Waals surface area contributed by atoms with E-state index >= 15 is 0 Å². The largest absolute Gasteiger partial charge is 0.462 e. The summed E-state index contributed by atoms with van der Waals surface area (Å²) in [5, 5.41) is 0. The first-order valence-corrected chi connectivity index (χ1v) is 7.38. The lowest BCUT2D eigenvalue weighted by atomic mass is 9.98. The Morgan fingerprint density at radius 1 is 1.16 bits per heavy atom. The van der Waals surface area contributed by atoms with E-state index in [1.165, 1.54) is 0 Å². The van der Waals surface area contributed by atoms with Crippen LogP contribution in [-0.4, -0.2) is 12.1 Å². The van der Waals surface area contributed by atoms with Gasteiger partial charge in [0.25, 0.3) is 0 Å². The first-order valence-electron chi connectivity index (χ1n) is 7.38. The molecular formula is C17H26O2. The molecule has 2 heteroatoms. The second kappa shape index (κ2) is 9.60. The molecule has 0 saturated carbocycles. The molecule has 0 N–H and O–H groups in total. The van der Waals surface area contributed by atoms with Gasteiger partial charge in [0.2, 0.25) is 0 Å². The van der Waals surface area contributed by atoms with Gasteiger partial charge in [-0.25, -0.2) is 0 Å². The Hall–Kier alpha value is -1.31. The van der Waals surface area contributed by atoms with E-state index in [4.69, 9.17) is 4.74 Å². The van der Waals surface area contributed by atoms with E-state index in [1.54, 1.807) is 0 Å². The van der Waals surface area contributed by atoms with Gasteiger partial charge in [-0.05, 0) is 38.0 Å². The summed E-state index contributed by atoms with van der Waals surface area (Å²) in [6.07, 6.45) is 18.9. The van der Waals surface area contributed by atoms with Crippen molar-refractivity contribution < 1.29 is 9.53 Å². The monoisotopic (exact) mass is 262 g/mol. The van der Waals surface area contributed by atoms with Crippen LogP contribution in [0.2, 0.25) is 0 Å². The predicted octanol–water partition coefficient (Wildman–Crippen LogP) is 4.58. The Kier molecular flexibility index (Phi) is 7.95. The molecule has 0 amide bonds. The van der Waals surface area contributed by atoms with Crippen molar-refractivity contribution in [3.63, 3.8) is 0 Å². The van der Waals surface area contributed by atoms with Crippen molar-refractivity contribution in [2.75, 3.05) is 0 Å². The maximum absolute atomic E-state index is 11.0. The molecular weight excluding hydrogens is 236 g/mol. The maximum Gasteiger partial charge on any atom is 0.306 e. The van der Waals surface area contributed by atoms with E-state index in [1.807, 2.05) is 0 Å². The number of allylic oxidation sites excluding steroid dienone is 6. The third-order valence-electron chi connectivity index (χ3n) is 3.34. The molecule has 1 heterocycles. The first-order chi connectivity index (χ1) is 9.24. The molecule has 1 saturated heterocycles. The normalized spacial score (nSPS) is 21.8. The van der Waals surface area contributed by atoms with E-state index in [0.717, 1.165) is 32.1 Å². The molecule has 1 rings (SSSR count). The number of rotatable bonds is 8. The van der Waals surface area contributed by atoms with E-state index in [9.17, 15) is 4.79 Å². The van der Waals surface area contributed by atoms with E-state index in [-0.39, 0.29) is 12.1 Å². The second-order valence-electron chi connectivity index (χ2n) is 5.07. The molecule has 2 nitrogen and oxygen atoms in total. The molecule has 1 fully saturated rings. The summed E-state index contributed by atoms with van der Waals surface area (Å²) >= 11 is 0. The molecule has 19 heavy (non-hydrogen) atoms. The number of carbonyl (C=O) groups is 1. The molecule has 1 aliphatic heterocycles. The van der Waals surface area contributed by atoms with Gasteiger partial charge in [-0.1, -0.05) is 50.3 Å². The molecule has 0 aromatic carbocycles. The topological polar surface area (TPSA) is 26.3 Å². The zero-order valence-electron chi connectivity index (χ0n) is 12.2. The number of ether oxygens (including phenoxy) is 1. The number of hydrogen-bond acceptors (Lipinski definition) is 2. The zero-order chi connectivity index (χ0) is 13.9. The molecule has 0 spiro atoms. The number of esters is 1. The minimum Gasteiger partial charge on any atom is -0.462 e. The van der Waals surface area contributed by atoms with Gasteiger partial charge in [-0.15, -0.1) is 0 Å². The third-order valence-corrected chi connectivity index (χ3v) is 3.34. The van der Waals surface area contributed by atoms with E-state index < -0.39 is 0 Å². The fraction of sp³-hybridized carbons (Fsp3) is 0.588. The molecule has 1 aliphatic rings. The van der Waals surface area contributed by atoms with Gasteiger partial charge in [-0.2, -0.15) is 0 Å². The minimum absolute atomic E-state index is 0.0381. The number of carbonyl (C=O) groups excluding carboxylic acids is 1. The summed E-state index contributed by atoms with van der Waals surface area (Å²) in [5.41, 5.74) is 0. The van der Waals surface area contributed by atoms with Crippen molar-refractivity contribution in [2.24, 2.45) is 5.92 Å². The minimum atomic E-state index is -0.0381. The average molecular weight is 262 g/mol. The fourth-order valence-electron chi connectivity index (χ4n) is 2.12. The lowest BCUT2D eigenvalue weighted by Crippen LogP contribution is -2.16. The summed E-state index contributed by atoms with van der Waals surface area (Å²) in [5.74, 6) is 0.392. The lowest BCUT2D eigenvalue weighted by Gasteiger charge is -2.15. The van der Waals surface area contributed by atoms with Crippen LogP contribution in [0.1, 0.15) is 52.4 Å². The highest BCUT2D eigenvalue weighted by Crippen LogP contribution is 2.23. The summed E-state index contributed by atoms with van der Waals surface area (Å²) in [4.78, 5) is 11.0. The third kappa shape index (κ3) is 7.00. The van der Waals surface area contributed by atoms with Crippen LogP contribution in [0.5, 0.6) is 0 Å². The van der Waals surface area contributed by atoms with Gasteiger partial charge in [-0.3, -0.25) is 4.79 Å². The zero-order valence-corrected chi connectivity index (χ0v) is 12.2. The average Bonchev–Trinajstić information content (AvgIpc) is 2.83. The van der Waals surface area contributed by atoms with Crippen LogP contribution in [0.15, 0.2) is 36.5 Å². The second-order valence-corrected chi connectivity index (χ2v) is 5.07. The van der Waals surface area contributed by atoms with Crippen molar-refractivity contribution in [3.8, 4) is 0 Å². The van der Waals surface area contributed by atoms with Crippen molar-refractivity contribution in [1.82, 2.24) is 0 Å². The Labute approximate surface area is 117 Å². The molecule has 2 atom stereocenters. The number of hydrogen-bond donors (Lipinski definition) is 0. The van der Waals surface area contributed by atoms with Crippen LogP contribution in [0.4, 0.5) is 0 Å². The van der Waals surface area contributed by atoms with Crippen LogP contribution >= 0.6 is 0 Å². The Morgan fingerprint density at radius 2 is 1.79 bits per heavy atom. The summed E-state index contributed by atoms with van der Waals surface area (Å²) in [6.45, 7) is 4.30. The maximum atomic E-state index is 11.0. The smallest absolute Gasteiger partial charge is 0.306 e. The predicted molar refractivity (Wildman–Crippen MR) is 79.8 cm³/mol.